The van der Waals surface area contributed by atoms with E-state index in [4.69, 9.17) is 5.73 Å². The van der Waals surface area contributed by atoms with Gasteiger partial charge in [0.15, 0.2) is 0 Å². The van der Waals surface area contributed by atoms with E-state index in [1.807, 2.05) is 0 Å². The second-order valence-electron chi connectivity index (χ2n) is 3.17. The molecule has 3 N–H and O–H groups in total. The van der Waals surface area contributed by atoms with Gasteiger partial charge in [-0.05, 0) is 18.2 Å². The smallest absolute Gasteiger partial charge is 0.383 e. The summed E-state index contributed by atoms with van der Waals surface area (Å²) in [5.41, 5.74) is 5.84. The van der Waals surface area contributed by atoms with Gasteiger partial charge < -0.3 is 11.1 Å². The van der Waals surface area contributed by atoms with Crippen molar-refractivity contribution in [3.63, 3.8) is 0 Å². The van der Waals surface area contributed by atoms with Gasteiger partial charge >= 0.3 is 6.36 Å². The average Bonchev–Trinajstić information content (AvgIpc) is 2.23. The maximum atomic E-state index is 11.6. The van der Waals surface area contributed by atoms with Crippen molar-refractivity contribution < 1.29 is 22.7 Å². The van der Waals surface area contributed by atoms with E-state index in [2.05, 4.69) is 10.1 Å². The number of nitrogens with one attached hydrogen (secondary N) is 1. The van der Waals surface area contributed by atoms with Gasteiger partial charge in [-0.2, -0.15) is 0 Å². The second-order valence-corrected chi connectivity index (χ2v) is 3.17. The molecule has 17 heavy (non-hydrogen) atoms. The first-order chi connectivity index (χ1) is 7.88. The Kier molecular flexibility index (Phi) is 4.33. The van der Waals surface area contributed by atoms with Crippen LogP contribution >= 0.6 is 0 Å². The molecule has 1 aromatic carbocycles. The molecule has 7 heteroatoms. The van der Waals surface area contributed by atoms with Crippen LogP contribution in [-0.4, -0.2) is 25.4 Å². The van der Waals surface area contributed by atoms with Crippen molar-refractivity contribution in [1.82, 2.24) is 0 Å². The summed E-state index contributed by atoms with van der Waals surface area (Å²) < 4.78 is 38.5. The van der Waals surface area contributed by atoms with Crippen LogP contribution in [0.1, 0.15) is 10.4 Å². The third-order valence-corrected chi connectivity index (χ3v) is 1.84. The lowest BCUT2D eigenvalue weighted by Gasteiger charge is -2.09. The predicted octanol–water partition coefficient (Wildman–Crippen LogP) is 1.73. The van der Waals surface area contributed by atoms with Crippen molar-refractivity contribution in [2.75, 3.05) is 18.5 Å². The van der Waals surface area contributed by atoms with E-state index in [9.17, 15) is 18.0 Å². The molecule has 0 aliphatic carbocycles. The molecule has 0 saturated heterocycles. The zero-order valence-electron chi connectivity index (χ0n) is 8.75. The lowest BCUT2D eigenvalue weighted by atomic mass is 10.2. The molecule has 1 amide bonds. The van der Waals surface area contributed by atoms with E-state index in [1.165, 1.54) is 12.1 Å². The minimum Gasteiger partial charge on any atom is -0.383 e. The summed E-state index contributed by atoms with van der Waals surface area (Å²) in [6, 6.07) is 6.16. The molecular formula is C10H11F3N2O2. The number of ether oxygens (including phenoxy) is 1. The molecule has 1 aromatic rings. The first-order valence-electron chi connectivity index (χ1n) is 4.73. The predicted molar refractivity (Wildman–Crippen MR) is 55.5 cm³/mol. The van der Waals surface area contributed by atoms with Gasteiger partial charge in [0.25, 0.3) is 0 Å². The van der Waals surface area contributed by atoms with Gasteiger partial charge in [0, 0.05) is 17.8 Å². The third kappa shape index (κ3) is 5.21. The quantitative estimate of drug-likeness (QED) is 0.780. The van der Waals surface area contributed by atoms with Crippen LogP contribution in [0.25, 0.3) is 0 Å². The molecule has 0 heterocycles. The molecule has 94 valence electrons. The van der Waals surface area contributed by atoms with Gasteiger partial charge in [-0.3, -0.25) is 9.53 Å². The maximum absolute atomic E-state index is 11.6. The van der Waals surface area contributed by atoms with Crippen LogP contribution in [0.4, 0.5) is 18.9 Å². The Labute approximate surface area is 95.6 Å². The highest BCUT2D eigenvalue weighted by Crippen LogP contribution is 2.15. The van der Waals surface area contributed by atoms with Crippen LogP contribution < -0.4 is 11.1 Å². The van der Waals surface area contributed by atoms with Crippen molar-refractivity contribution in [1.29, 1.82) is 0 Å². The van der Waals surface area contributed by atoms with E-state index in [0.29, 0.717) is 5.69 Å². The van der Waals surface area contributed by atoms with Crippen LogP contribution in [0.15, 0.2) is 24.3 Å². The largest absolute Gasteiger partial charge is 0.522 e. The fourth-order valence-electron chi connectivity index (χ4n) is 1.14. The molecule has 1 rings (SSSR count). The van der Waals surface area contributed by atoms with Crippen LogP contribution in [-0.2, 0) is 4.74 Å². The fraction of sp³-hybridized carbons (Fsp3) is 0.300. The van der Waals surface area contributed by atoms with E-state index in [0.717, 1.165) is 0 Å². The van der Waals surface area contributed by atoms with Crippen LogP contribution in [0.3, 0.4) is 0 Å². The normalized spacial score (nSPS) is 11.2. The third-order valence-electron chi connectivity index (χ3n) is 1.84. The zero-order chi connectivity index (χ0) is 12.9. The standard InChI is InChI=1S/C10H11F3N2O2/c11-10(12,13)17-5-4-15-8-3-1-2-7(6-8)9(14)16/h1-3,6,15H,4-5H2,(H2,14,16). The maximum Gasteiger partial charge on any atom is 0.522 e. The number of benzene rings is 1. The van der Waals surface area contributed by atoms with Crippen LogP contribution in [0.5, 0.6) is 0 Å². The summed E-state index contributed by atoms with van der Waals surface area (Å²) in [6.45, 7) is -0.536. The lowest BCUT2D eigenvalue weighted by molar-refractivity contribution is -0.322. The fourth-order valence-corrected chi connectivity index (χ4v) is 1.14. The van der Waals surface area contributed by atoms with Crippen molar-refractivity contribution in [2.24, 2.45) is 5.73 Å². The molecule has 0 saturated carbocycles. The first kappa shape index (κ1) is 13.3. The topological polar surface area (TPSA) is 64.4 Å². The Balaban J connectivity index is 2.42. The molecule has 0 atom stereocenters. The van der Waals surface area contributed by atoms with E-state index < -0.39 is 18.9 Å². The SMILES string of the molecule is NC(=O)c1cccc(NCCOC(F)(F)F)c1. The molecule has 0 bridgehead atoms. The Hall–Kier alpha value is -1.76. The molecule has 0 spiro atoms. The van der Waals surface area contributed by atoms with Crippen molar-refractivity contribution in [2.45, 2.75) is 6.36 Å². The number of primary amides is 1. The zero-order valence-corrected chi connectivity index (χ0v) is 8.75. The average molecular weight is 248 g/mol. The summed E-state index contributed by atoms with van der Waals surface area (Å²) in [4.78, 5) is 10.8. The first-order valence-corrected chi connectivity index (χ1v) is 4.73. The number of hydrogen-bond donors (Lipinski definition) is 2. The minimum absolute atomic E-state index is 0.0261. The molecule has 4 nitrogen and oxygen atoms in total. The van der Waals surface area contributed by atoms with Crippen LogP contribution in [0.2, 0.25) is 0 Å². The van der Waals surface area contributed by atoms with E-state index in [1.54, 1.807) is 12.1 Å². The number of carbonyl (C=O) groups is 1. The highest BCUT2D eigenvalue weighted by molar-refractivity contribution is 5.93. The van der Waals surface area contributed by atoms with Crippen molar-refractivity contribution in [3.05, 3.63) is 29.8 Å². The molecule has 0 aliphatic heterocycles. The number of alkyl halides is 3. The molecule has 0 radical (unpaired) electrons. The number of rotatable bonds is 5. The monoisotopic (exact) mass is 248 g/mol. The number of halogens is 3. The van der Waals surface area contributed by atoms with Gasteiger partial charge in [0.2, 0.25) is 5.91 Å². The molecule has 0 aromatic heterocycles. The van der Waals surface area contributed by atoms with Gasteiger partial charge in [0.1, 0.15) is 0 Å². The highest BCUT2D eigenvalue weighted by Gasteiger charge is 2.28. The summed E-state index contributed by atoms with van der Waals surface area (Å²) in [7, 11) is 0. The highest BCUT2D eigenvalue weighted by atomic mass is 19.4. The molecule has 0 unspecified atom stereocenters. The number of anilines is 1. The summed E-state index contributed by atoms with van der Waals surface area (Å²) in [5.74, 6) is -0.597. The number of nitrogens with two attached hydrogens (primary N) is 1. The van der Waals surface area contributed by atoms with Gasteiger partial charge in [-0.15, -0.1) is 13.2 Å². The molecular weight excluding hydrogens is 237 g/mol. The van der Waals surface area contributed by atoms with Gasteiger partial charge in [0.05, 0.1) is 6.61 Å². The number of amides is 1. The van der Waals surface area contributed by atoms with Gasteiger partial charge in [-0.1, -0.05) is 6.07 Å². The van der Waals surface area contributed by atoms with E-state index >= 15 is 0 Å². The Morgan fingerprint density at radius 3 is 2.71 bits per heavy atom. The number of hydrogen-bond acceptors (Lipinski definition) is 3. The molecule has 0 fully saturated rings. The summed E-state index contributed by atoms with van der Waals surface area (Å²) in [6.07, 6.45) is -4.63. The Bertz CT molecular complexity index is 393. The van der Waals surface area contributed by atoms with E-state index in [-0.39, 0.29) is 12.1 Å². The molecule has 0 aliphatic rings. The Morgan fingerprint density at radius 1 is 1.41 bits per heavy atom. The summed E-state index contributed by atoms with van der Waals surface area (Å²) >= 11 is 0. The van der Waals surface area contributed by atoms with Gasteiger partial charge in [-0.25, -0.2) is 0 Å². The summed E-state index contributed by atoms with van der Waals surface area (Å²) in [5, 5.41) is 2.68. The van der Waals surface area contributed by atoms with Crippen molar-refractivity contribution in [3.8, 4) is 0 Å². The number of carbonyl (C=O) groups excluding carboxylic acids is 1. The van der Waals surface area contributed by atoms with Crippen molar-refractivity contribution >= 4 is 11.6 Å². The Morgan fingerprint density at radius 2 is 2.12 bits per heavy atom. The minimum atomic E-state index is -4.63. The lowest BCUT2D eigenvalue weighted by Crippen LogP contribution is -2.19. The van der Waals surface area contributed by atoms with Crippen LogP contribution in [0, 0.1) is 0 Å². The second kappa shape index (κ2) is 5.53.